The van der Waals surface area contributed by atoms with Crippen LogP contribution in [0.1, 0.15) is 23.8 Å². The number of rotatable bonds is 6. The van der Waals surface area contributed by atoms with Gasteiger partial charge >= 0.3 is 6.18 Å². The monoisotopic (exact) mass is 276 g/mol. The Morgan fingerprint density at radius 1 is 1.47 bits per heavy atom. The van der Waals surface area contributed by atoms with E-state index in [0.29, 0.717) is 6.42 Å². The Labute approximate surface area is 109 Å². The summed E-state index contributed by atoms with van der Waals surface area (Å²) in [5.74, 6) is -0.357. The fourth-order valence-corrected chi connectivity index (χ4v) is 1.31. The minimum atomic E-state index is -4.32. The molecule has 7 heteroatoms. The van der Waals surface area contributed by atoms with Gasteiger partial charge in [-0.15, -0.1) is 0 Å². The summed E-state index contributed by atoms with van der Waals surface area (Å²) in [6.45, 7) is 0.356. The van der Waals surface area contributed by atoms with Crippen LogP contribution in [-0.4, -0.2) is 36.3 Å². The minimum Gasteiger partial charge on any atom is -0.372 e. The van der Waals surface area contributed by atoms with Gasteiger partial charge in [0.2, 0.25) is 0 Å². The van der Waals surface area contributed by atoms with Gasteiger partial charge in [-0.05, 0) is 25.5 Å². The van der Waals surface area contributed by atoms with Gasteiger partial charge in [-0.3, -0.25) is 9.78 Å². The Morgan fingerprint density at radius 2 is 2.21 bits per heavy atom. The highest BCUT2D eigenvalue weighted by molar-refractivity contribution is 5.92. The molecule has 0 saturated carbocycles. The van der Waals surface area contributed by atoms with Gasteiger partial charge in [-0.25, -0.2) is 0 Å². The highest BCUT2D eigenvalue weighted by atomic mass is 19.4. The molecule has 0 aliphatic heterocycles. The predicted molar refractivity (Wildman–Crippen MR) is 62.7 cm³/mol. The molecule has 1 rings (SSSR count). The van der Waals surface area contributed by atoms with Crippen LogP contribution in [-0.2, 0) is 4.74 Å². The highest BCUT2D eigenvalue weighted by Gasteiger charge is 2.27. The fourth-order valence-electron chi connectivity index (χ4n) is 1.31. The third-order valence-electron chi connectivity index (χ3n) is 2.24. The lowest BCUT2D eigenvalue weighted by Crippen LogP contribution is -2.34. The summed E-state index contributed by atoms with van der Waals surface area (Å²) in [4.78, 5) is 15.5. The van der Waals surface area contributed by atoms with Crippen LogP contribution in [0.2, 0.25) is 0 Å². The standard InChI is InChI=1S/C12H15F3N2O2/c1-9(5-7-19-8-12(13,14)15)17-11(18)10-4-2-3-6-16-10/h2-4,6,9H,5,7-8H2,1H3,(H,17,18). The molecule has 1 unspecified atom stereocenters. The normalized spacial score (nSPS) is 13.1. The third kappa shape index (κ3) is 6.76. The largest absolute Gasteiger partial charge is 0.411 e. The molecule has 0 aromatic carbocycles. The quantitative estimate of drug-likeness (QED) is 0.810. The molecular weight excluding hydrogens is 261 g/mol. The summed E-state index contributed by atoms with van der Waals surface area (Å²) in [5.41, 5.74) is 0.269. The number of aromatic nitrogens is 1. The summed E-state index contributed by atoms with van der Waals surface area (Å²) in [5, 5.41) is 2.63. The topological polar surface area (TPSA) is 51.2 Å². The van der Waals surface area contributed by atoms with Crippen molar-refractivity contribution in [3.05, 3.63) is 30.1 Å². The maximum atomic E-state index is 11.8. The van der Waals surface area contributed by atoms with Crippen LogP contribution < -0.4 is 5.32 Å². The number of nitrogens with zero attached hydrogens (tertiary/aromatic N) is 1. The first-order valence-corrected chi connectivity index (χ1v) is 5.75. The SMILES string of the molecule is CC(CCOCC(F)(F)F)NC(=O)c1ccccn1. The predicted octanol–water partition coefficient (Wildman–Crippen LogP) is 2.17. The van der Waals surface area contributed by atoms with E-state index in [1.807, 2.05) is 0 Å². The average molecular weight is 276 g/mol. The van der Waals surface area contributed by atoms with Gasteiger partial charge in [-0.2, -0.15) is 13.2 Å². The van der Waals surface area contributed by atoms with Crippen LogP contribution in [0.5, 0.6) is 0 Å². The number of hydrogen-bond donors (Lipinski definition) is 1. The van der Waals surface area contributed by atoms with Gasteiger partial charge in [-0.1, -0.05) is 6.07 Å². The lowest BCUT2D eigenvalue weighted by molar-refractivity contribution is -0.174. The zero-order chi connectivity index (χ0) is 14.3. The van der Waals surface area contributed by atoms with Gasteiger partial charge in [0.25, 0.3) is 5.91 Å². The van der Waals surface area contributed by atoms with Gasteiger partial charge in [0.1, 0.15) is 12.3 Å². The molecule has 1 amide bonds. The molecule has 0 aliphatic rings. The zero-order valence-corrected chi connectivity index (χ0v) is 10.4. The molecule has 1 aromatic rings. The van der Waals surface area contributed by atoms with Gasteiger partial charge in [0.15, 0.2) is 0 Å². The molecule has 0 fully saturated rings. The molecule has 106 valence electrons. The van der Waals surface area contributed by atoms with Crippen molar-refractivity contribution in [3.63, 3.8) is 0 Å². The molecule has 0 aliphatic carbocycles. The summed E-state index contributed by atoms with van der Waals surface area (Å²) >= 11 is 0. The number of ether oxygens (including phenoxy) is 1. The van der Waals surface area contributed by atoms with Crippen LogP contribution in [0.15, 0.2) is 24.4 Å². The van der Waals surface area contributed by atoms with E-state index in [2.05, 4.69) is 15.0 Å². The van der Waals surface area contributed by atoms with Crippen molar-refractivity contribution in [1.82, 2.24) is 10.3 Å². The number of pyridine rings is 1. The maximum absolute atomic E-state index is 11.8. The van der Waals surface area contributed by atoms with E-state index < -0.39 is 12.8 Å². The molecule has 0 radical (unpaired) electrons. The number of nitrogens with one attached hydrogen (secondary N) is 1. The van der Waals surface area contributed by atoms with E-state index in [4.69, 9.17) is 0 Å². The number of carbonyl (C=O) groups excluding carboxylic acids is 1. The number of amides is 1. The first-order chi connectivity index (χ1) is 8.88. The maximum Gasteiger partial charge on any atom is 0.411 e. The Balaban J connectivity index is 2.24. The number of alkyl halides is 3. The van der Waals surface area contributed by atoms with Crippen molar-refractivity contribution < 1.29 is 22.7 Å². The third-order valence-corrected chi connectivity index (χ3v) is 2.24. The molecule has 19 heavy (non-hydrogen) atoms. The van der Waals surface area contributed by atoms with Crippen molar-refractivity contribution in [2.45, 2.75) is 25.6 Å². The summed E-state index contributed by atoms with van der Waals surface area (Å²) in [6, 6.07) is 4.63. The van der Waals surface area contributed by atoms with Crippen LogP contribution >= 0.6 is 0 Å². The Hall–Kier alpha value is -1.63. The number of hydrogen-bond acceptors (Lipinski definition) is 3. The molecule has 0 saturated heterocycles. The minimum absolute atomic E-state index is 0.0663. The van der Waals surface area contributed by atoms with Crippen LogP contribution in [0, 0.1) is 0 Å². The van der Waals surface area contributed by atoms with Gasteiger partial charge in [0.05, 0.1) is 0 Å². The lowest BCUT2D eigenvalue weighted by Gasteiger charge is -2.14. The second-order valence-corrected chi connectivity index (χ2v) is 4.05. The van der Waals surface area contributed by atoms with Crippen molar-refractivity contribution in [2.24, 2.45) is 0 Å². The van der Waals surface area contributed by atoms with E-state index in [1.54, 1.807) is 25.1 Å². The molecular formula is C12H15F3N2O2. The van der Waals surface area contributed by atoms with Crippen LogP contribution in [0.25, 0.3) is 0 Å². The van der Waals surface area contributed by atoms with Gasteiger partial charge in [0, 0.05) is 18.8 Å². The lowest BCUT2D eigenvalue weighted by atomic mass is 10.2. The van der Waals surface area contributed by atoms with E-state index in [9.17, 15) is 18.0 Å². The van der Waals surface area contributed by atoms with Crippen LogP contribution in [0.3, 0.4) is 0 Å². The van der Waals surface area contributed by atoms with Crippen molar-refractivity contribution in [1.29, 1.82) is 0 Å². The molecule has 0 spiro atoms. The van der Waals surface area contributed by atoms with Crippen molar-refractivity contribution >= 4 is 5.91 Å². The first-order valence-electron chi connectivity index (χ1n) is 5.75. The summed E-state index contributed by atoms with van der Waals surface area (Å²) < 4.78 is 39.9. The molecule has 1 heterocycles. The Morgan fingerprint density at radius 3 is 2.79 bits per heavy atom. The highest BCUT2D eigenvalue weighted by Crippen LogP contribution is 2.14. The first kappa shape index (κ1) is 15.4. The number of halogens is 3. The molecule has 4 nitrogen and oxygen atoms in total. The zero-order valence-electron chi connectivity index (χ0n) is 10.4. The van der Waals surface area contributed by atoms with E-state index in [0.717, 1.165) is 0 Å². The Kier molecular flexibility index (Phi) is 5.75. The summed E-state index contributed by atoms with van der Waals surface area (Å²) in [6.07, 6.45) is -2.53. The van der Waals surface area contributed by atoms with Crippen molar-refractivity contribution in [3.8, 4) is 0 Å². The molecule has 0 bridgehead atoms. The summed E-state index contributed by atoms with van der Waals surface area (Å²) in [7, 11) is 0. The van der Waals surface area contributed by atoms with Gasteiger partial charge < -0.3 is 10.1 Å². The van der Waals surface area contributed by atoms with E-state index >= 15 is 0 Å². The number of carbonyl (C=O) groups is 1. The van der Waals surface area contributed by atoms with Crippen molar-refractivity contribution in [2.75, 3.05) is 13.2 Å². The molecule has 1 N–H and O–H groups in total. The van der Waals surface area contributed by atoms with E-state index in [-0.39, 0.29) is 24.2 Å². The Bertz CT molecular complexity index is 396. The fraction of sp³-hybridized carbons (Fsp3) is 0.500. The second-order valence-electron chi connectivity index (χ2n) is 4.05. The second kappa shape index (κ2) is 7.08. The van der Waals surface area contributed by atoms with E-state index in [1.165, 1.54) is 6.20 Å². The molecule has 1 atom stereocenters. The molecule has 1 aromatic heterocycles. The van der Waals surface area contributed by atoms with Crippen LogP contribution in [0.4, 0.5) is 13.2 Å². The average Bonchev–Trinajstić information content (AvgIpc) is 2.34. The smallest absolute Gasteiger partial charge is 0.372 e.